The van der Waals surface area contributed by atoms with E-state index in [2.05, 4.69) is 0 Å². The fraction of sp³-hybridized carbons (Fsp3) is 0.150. The molecule has 0 heterocycles. The zero-order valence-electron chi connectivity index (χ0n) is 13.4. The largest absolute Gasteiger partial charge is 0.508 e. The molecule has 0 unspecified atom stereocenters. The lowest BCUT2D eigenvalue weighted by atomic mass is 9.86. The first-order chi connectivity index (χ1) is 11.9. The Hall–Kier alpha value is -3.21. The first kappa shape index (κ1) is 16.6. The lowest BCUT2D eigenvalue weighted by molar-refractivity contribution is -0.112. The van der Waals surface area contributed by atoms with Crippen molar-refractivity contribution in [3.05, 3.63) is 58.7 Å². The molecule has 5 heteroatoms. The first-order valence-electron chi connectivity index (χ1n) is 7.94. The molecule has 0 aromatic heterocycles. The van der Waals surface area contributed by atoms with E-state index >= 15 is 0 Å². The van der Waals surface area contributed by atoms with Gasteiger partial charge in [-0.05, 0) is 55.7 Å². The quantitative estimate of drug-likeness (QED) is 0.626. The Morgan fingerprint density at radius 3 is 1.56 bits per heavy atom. The van der Waals surface area contributed by atoms with Gasteiger partial charge in [0.1, 0.15) is 23.0 Å². The zero-order chi connectivity index (χ0) is 18.0. The Kier molecular flexibility index (Phi) is 4.48. The summed E-state index contributed by atoms with van der Waals surface area (Å²) in [6.07, 6.45) is 5.22. The van der Waals surface area contributed by atoms with Crippen molar-refractivity contribution in [3.8, 4) is 23.0 Å². The van der Waals surface area contributed by atoms with E-state index in [4.69, 9.17) is 0 Å². The van der Waals surface area contributed by atoms with Crippen LogP contribution in [0.5, 0.6) is 23.0 Å². The topological polar surface area (TPSA) is 98.0 Å². The molecule has 0 bridgehead atoms. The monoisotopic (exact) mass is 338 g/mol. The third-order valence-corrected chi connectivity index (χ3v) is 4.16. The van der Waals surface area contributed by atoms with Gasteiger partial charge < -0.3 is 20.4 Å². The van der Waals surface area contributed by atoms with Crippen LogP contribution in [0.3, 0.4) is 0 Å². The molecule has 5 nitrogen and oxygen atoms in total. The Labute approximate surface area is 144 Å². The van der Waals surface area contributed by atoms with Gasteiger partial charge >= 0.3 is 0 Å². The van der Waals surface area contributed by atoms with Gasteiger partial charge in [0, 0.05) is 34.4 Å². The molecule has 0 amide bonds. The Morgan fingerprint density at radius 2 is 1.16 bits per heavy atom. The molecule has 2 aromatic rings. The summed E-state index contributed by atoms with van der Waals surface area (Å²) in [6.45, 7) is 0. The van der Waals surface area contributed by atoms with Crippen molar-refractivity contribution in [2.24, 2.45) is 0 Å². The first-order valence-corrected chi connectivity index (χ1v) is 7.94. The summed E-state index contributed by atoms with van der Waals surface area (Å²) < 4.78 is 0. The molecular weight excluding hydrogens is 320 g/mol. The number of rotatable bonds is 2. The van der Waals surface area contributed by atoms with Crippen LogP contribution in [-0.2, 0) is 4.79 Å². The molecule has 0 atom stereocenters. The predicted octanol–water partition coefficient (Wildman–Crippen LogP) is 3.73. The van der Waals surface area contributed by atoms with Gasteiger partial charge in [-0.2, -0.15) is 0 Å². The highest BCUT2D eigenvalue weighted by molar-refractivity contribution is 6.14. The number of phenols is 4. The highest BCUT2D eigenvalue weighted by Gasteiger charge is 2.21. The molecule has 0 aliphatic heterocycles. The van der Waals surface area contributed by atoms with Crippen LogP contribution in [-0.4, -0.2) is 26.2 Å². The summed E-state index contributed by atoms with van der Waals surface area (Å²) in [4.78, 5) is 12.7. The van der Waals surface area contributed by atoms with Crippen molar-refractivity contribution in [2.75, 3.05) is 0 Å². The van der Waals surface area contributed by atoms with Gasteiger partial charge in [0.05, 0.1) is 0 Å². The van der Waals surface area contributed by atoms with Gasteiger partial charge in [-0.25, -0.2) is 0 Å². The number of carbonyl (C=O) groups excluding carboxylic acids is 1. The van der Waals surface area contributed by atoms with Crippen molar-refractivity contribution < 1.29 is 25.2 Å². The van der Waals surface area contributed by atoms with Gasteiger partial charge in [-0.1, -0.05) is 0 Å². The van der Waals surface area contributed by atoms with Crippen LogP contribution in [0.25, 0.3) is 12.2 Å². The molecule has 1 saturated carbocycles. The fourth-order valence-electron chi connectivity index (χ4n) is 2.86. The van der Waals surface area contributed by atoms with Gasteiger partial charge in [0.2, 0.25) is 0 Å². The lowest BCUT2D eigenvalue weighted by Crippen LogP contribution is -2.12. The van der Waals surface area contributed by atoms with E-state index in [1.807, 2.05) is 0 Å². The molecule has 1 aliphatic carbocycles. The summed E-state index contributed by atoms with van der Waals surface area (Å²) in [5, 5.41) is 38.5. The number of carbonyl (C=O) groups is 1. The van der Waals surface area contributed by atoms with Crippen molar-refractivity contribution in [1.29, 1.82) is 0 Å². The second-order valence-corrected chi connectivity index (χ2v) is 6.01. The number of Topliss-reactive ketones (excluding diaryl/α,β-unsaturated/α-hetero) is 1. The van der Waals surface area contributed by atoms with E-state index in [-0.39, 0.29) is 28.8 Å². The number of hydrogen-bond donors (Lipinski definition) is 4. The summed E-state index contributed by atoms with van der Waals surface area (Å²) in [7, 11) is 0. The van der Waals surface area contributed by atoms with Gasteiger partial charge in [-0.3, -0.25) is 4.79 Å². The number of phenolic OH excluding ortho intramolecular Hbond substituents is 4. The molecule has 4 N–H and O–H groups in total. The standard InChI is InChI=1S/C20H18O5/c21-16-6-4-12(18(23)10-16)8-14-2-1-3-15(20(14)25)9-13-5-7-17(22)11-19(13)24/h4-11,21-24H,1-3H2/b14-8+,15-9+. The van der Waals surface area contributed by atoms with Crippen molar-refractivity contribution in [2.45, 2.75) is 19.3 Å². The summed E-state index contributed by atoms with van der Waals surface area (Å²) in [5.41, 5.74) is 2.07. The number of benzene rings is 2. The second kappa shape index (κ2) is 6.73. The molecule has 1 aliphatic rings. The third kappa shape index (κ3) is 3.66. The van der Waals surface area contributed by atoms with Crippen LogP contribution in [0.15, 0.2) is 47.5 Å². The van der Waals surface area contributed by atoms with Crippen LogP contribution >= 0.6 is 0 Å². The molecule has 0 spiro atoms. The maximum absolute atomic E-state index is 12.7. The van der Waals surface area contributed by atoms with Gasteiger partial charge in [0.25, 0.3) is 0 Å². The summed E-state index contributed by atoms with van der Waals surface area (Å²) in [6, 6.07) is 8.45. The molecule has 2 aromatic carbocycles. The summed E-state index contributed by atoms with van der Waals surface area (Å²) >= 11 is 0. The van der Waals surface area contributed by atoms with E-state index in [1.165, 1.54) is 24.3 Å². The van der Waals surface area contributed by atoms with Crippen LogP contribution in [0.2, 0.25) is 0 Å². The van der Waals surface area contributed by atoms with E-state index in [1.54, 1.807) is 24.3 Å². The third-order valence-electron chi connectivity index (χ3n) is 4.16. The van der Waals surface area contributed by atoms with Gasteiger partial charge in [0.15, 0.2) is 5.78 Å². The van der Waals surface area contributed by atoms with E-state index < -0.39 is 0 Å². The number of hydrogen-bond acceptors (Lipinski definition) is 5. The average Bonchev–Trinajstić information content (AvgIpc) is 2.56. The number of allylic oxidation sites excluding steroid dienone is 2. The highest BCUT2D eigenvalue weighted by atomic mass is 16.3. The Balaban J connectivity index is 1.93. The summed E-state index contributed by atoms with van der Waals surface area (Å²) in [5.74, 6) is -0.401. The smallest absolute Gasteiger partial charge is 0.185 e. The molecule has 0 radical (unpaired) electrons. The average molecular weight is 338 g/mol. The minimum absolute atomic E-state index is 0.0435. The molecule has 3 rings (SSSR count). The minimum Gasteiger partial charge on any atom is -0.508 e. The van der Waals surface area contributed by atoms with Crippen LogP contribution in [0, 0.1) is 0 Å². The van der Waals surface area contributed by atoms with E-state index in [0.717, 1.165) is 6.42 Å². The maximum atomic E-state index is 12.7. The number of ketones is 1. The molecule has 128 valence electrons. The maximum Gasteiger partial charge on any atom is 0.185 e. The second-order valence-electron chi connectivity index (χ2n) is 6.01. The lowest BCUT2D eigenvalue weighted by Gasteiger charge is -2.17. The molecule has 1 fully saturated rings. The SMILES string of the molecule is O=C1/C(=C/c2ccc(O)cc2O)CCC/C1=C\c1ccc(O)cc1O. The molecule has 0 saturated heterocycles. The Bertz CT molecular complexity index is 821. The minimum atomic E-state index is -0.133. The highest BCUT2D eigenvalue weighted by Crippen LogP contribution is 2.32. The Morgan fingerprint density at radius 1 is 0.720 bits per heavy atom. The fourth-order valence-corrected chi connectivity index (χ4v) is 2.86. The number of aromatic hydroxyl groups is 4. The van der Waals surface area contributed by atoms with Crippen molar-refractivity contribution in [1.82, 2.24) is 0 Å². The van der Waals surface area contributed by atoms with Crippen molar-refractivity contribution >= 4 is 17.9 Å². The zero-order valence-corrected chi connectivity index (χ0v) is 13.4. The predicted molar refractivity (Wildman–Crippen MR) is 94.4 cm³/mol. The van der Waals surface area contributed by atoms with Crippen LogP contribution in [0.1, 0.15) is 30.4 Å². The van der Waals surface area contributed by atoms with E-state index in [9.17, 15) is 25.2 Å². The molecular formula is C20H18O5. The van der Waals surface area contributed by atoms with E-state index in [0.29, 0.717) is 35.1 Å². The normalized spacial score (nSPS) is 18.0. The van der Waals surface area contributed by atoms with Crippen LogP contribution in [0.4, 0.5) is 0 Å². The van der Waals surface area contributed by atoms with Gasteiger partial charge in [-0.15, -0.1) is 0 Å². The van der Waals surface area contributed by atoms with Crippen LogP contribution < -0.4 is 0 Å². The molecule has 25 heavy (non-hydrogen) atoms. The van der Waals surface area contributed by atoms with Crippen molar-refractivity contribution in [3.63, 3.8) is 0 Å².